The number of amides is 1. The number of rotatable bonds is 2. The summed E-state index contributed by atoms with van der Waals surface area (Å²) in [6.07, 6.45) is 0.875. The first kappa shape index (κ1) is 10.6. The molecule has 2 rings (SSSR count). The molecule has 1 aromatic heterocycles. The molecule has 1 amide bonds. The predicted octanol–water partition coefficient (Wildman–Crippen LogP) is 1.24. The molecule has 0 aromatic carbocycles. The minimum Gasteiger partial charge on any atom is -0.275 e. The van der Waals surface area contributed by atoms with Gasteiger partial charge in [0.05, 0.1) is 16.6 Å². The van der Waals surface area contributed by atoms with Gasteiger partial charge in [0.2, 0.25) is 5.91 Å². The molecule has 1 aromatic rings. The molecule has 1 saturated heterocycles. The topological polar surface area (TPSA) is 36.4 Å². The molecule has 0 spiro atoms. The van der Waals surface area contributed by atoms with E-state index < -0.39 is 0 Å². The largest absolute Gasteiger partial charge is 0.275 e. The second-order valence-corrected chi connectivity index (χ2v) is 5.00. The van der Waals surface area contributed by atoms with Crippen molar-refractivity contribution < 1.29 is 4.79 Å². The summed E-state index contributed by atoms with van der Waals surface area (Å²) in [6.45, 7) is 2.77. The molecule has 1 fully saturated rings. The number of hydrogen-bond acceptors (Lipinski definition) is 4. The van der Waals surface area contributed by atoms with Gasteiger partial charge in [0, 0.05) is 26.0 Å². The van der Waals surface area contributed by atoms with Gasteiger partial charge in [-0.15, -0.1) is 11.3 Å². The Balaban J connectivity index is 2.17. The maximum Gasteiger partial charge on any atom is 0.246 e. The van der Waals surface area contributed by atoms with Crippen molar-refractivity contribution in [2.24, 2.45) is 0 Å². The van der Waals surface area contributed by atoms with Crippen LogP contribution in [0.3, 0.4) is 0 Å². The zero-order valence-electron chi connectivity index (χ0n) is 9.23. The Morgan fingerprint density at radius 1 is 1.60 bits per heavy atom. The van der Waals surface area contributed by atoms with E-state index >= 15 is 0 Å². The fourth-order valence-corrected chi connectivity index (χ4v) is 2.54. The summed E-state index contributed by atoms with van der Waals surface area (Å²) in [5, 5.41) is 6.65. The van der Waals surface area contributed by atoms with Crippen molar-refractivity contribution in [2.45, 2.75) is 19.3 Å². The monoisotopic (exact) mass is 225 g/mol. The first-order valence-corrected chi connectivity index (χ1v) is 5.88. The molecule has 0 bridgehead atoms. The highest BCUT2D eigenvalue weighted by atomic mass is 32.1. The van der Waals surface area contributed by atoms with Gasteiger partial charge in [-0.05, 0) is 13.3 Å². The van der Waals surface area contributed by atoms with Crippen LogP contribution >= 0.6 is 11.3 Å². The molecule has 1 aliphatic rings. The number of hydrazine groups is 1. The van der Waals surface area contributed by atoms with Crippen molar-refractivity contribution >= 4 is 17.2 Å². The summed E-state index contributed by atoms with van der Waals surface area (Å²) in [5.74, 6) is 0.141. The fourth-order valence-electron chi connectivity index (χ4n) is 1.88. The SMILES string of the molecule is Cc1nc(C2CCN(N(C)C)C2=O)cs1. The van der Waals surface area contributed by atoms with Crippen LogP contribution in [0.2, 0.25) is 0 Å². The molecule has 1 aliphatic heterocycles. The van der Waals surface area contributed by atoms with Crippen LogP contribution in [0, 0.1) is 6.92 Å². The van der Waals surface area contributed by atoms with Crippen LogP contribution in [0.1, 0.15) is 23.0 Å². The number of thiazole rings is 1. The molecule has 0 aliphatic carbocycles. The van der Waals surface area contributed by atoms with Crippen molar-refractivity contribution in [1.82, 2.24) is 15.0 Å². The molecule has 1 unspecified atom stereocenters. The van der Waals surface area contributed by atoms with Crippen molar-refractivity contribution in [3.8, 4) is 0 Å². The molecule has 0 saturated carbocycles. The summed E-state index contributed by atoms with van der Waals surface area (Å²) in [6, 6.07) is 0. The van der Waals surface area contributed by atoms with Crippen LogP contribution in [0.25, 0.3) is 0 Å². The van der Waals surface area contributed by atoms with Gasteiger partial charge < -0.3 is 0 Å². The van der Waals surface area contributed by atoms with E-state index in [1.165, 1.54) is 0 Å². The molecule has 82 valence electrons. The molecule has 0 N–H and O–H groups in total. The highest BCUT2D eigenvalue weighted by Crippen LogP contribution is 2.29. The fraction of sp³-hybridized carbons (Fsp3) is 0.600. The lowest BCUT2D eigenvalue weighted by atomic mass is 10.1. The van der Waals surface area contributed by atoms with Gasteiger partial charge in [0.1, 0.15) is 0 Å². The molecule has 15 heavy (non-hydrogen) atoms. The lowest BCUT2D eigenvalue weighted by Crippen LogP contribution is -2.38. The van der Waals surface area contributed by atoms with Gasteiger partial charge in [0.25, 0.3) is 0 Å². The van der Waals surface area contributed by atoms with E-state index in [0.29, 0.717) is 0 Å². The quantitative estimate of drug-likeness (QED) is 0.760. The van der Waals surface area contributed by atoms with E-state index in [1.807, 2.05) is 31.4 Å². The highest BCUT2D eigenvalue weighted by Gasteiger charge is 2.35. The molecule has 0 radical (unpaired) electrons. The molecular weight excluding hydrogens is 210 g/mol. The third kappa shape index (κ3) is 1.89. The Kier molecular flexibility index (Phi) is 2.75. The van der Waals surface area contributed by atoms with Crippen LogP contribution in [0.15, 0.2) is 5.38 Å². The van der Waals surface area contributed by atoms with E-state index in [9.17, 15) is 4.79 Å². The van der Waals surface area contributed by atoms with E-state index in [0.717, 1.165) is 23.7 Å². The van der Waals surface area contributed by atoms with Crippen LogP contribution in [-0.4, -0.2) is 41.5 Å². The average Bonchev–Trinajstić information content (AvgIpc) is 2.71. The maximum absolute atomic E-state index is 12.0. The lowest BCUT2D eigenvalue weighted by molar-refractivity contribution is -0.140. The third-order valence-corrected chi connectivity index (χ3v) is 3.45. The first-order chi connectivity index (χ1) is 7.09. The average molecular weight is 225 g/mol. The van der Waals surface area contributed by atoms with E-state index in [2.05, 4.69) is 4.98 Å². The standard InChI is InChI=1S/C10H15N3OS/c1-7-11-9(6-15-7)8-4-5-13(10(8)14)12(2)3/h6,8H,4-5H2,1-3H3. The Labute approximate surface area is 93.5 Å². The Hall–Kier alpha value is -0.940. The highest BCUT2D eigenvalue weighted by molar-refractivity contribution is 7.09. The molecule has 4 nitrogen and oxygen atoms in total. The predicted molar refractivity (Wildman–Crippen MR) is 59.6 cm³/mol. The summed E-state index contributed by atoms with van der Waals surface area (Å²) < 4.78 is 0. The first-order valence-electron chi connectivity index (χ1n) is 5.00. The minimum absolute atomic E-state index is 0.0302. The summed E-state index contributed by atoms with van der Waals surface area (Å²) >= 11 is 1.61. The number of aryl methyl sites for hydroxylation is 1. The number of nitrogens with zero attached hydrogens (tertiary/aromatic N) is 3. The molecular formula is C10H15N3OS. The maximum atomic E-state index is 12.0. The van der Waals surface area contributed by atoms with Crippen molar-refractivity contribution in [2.75, 3.05) is 20.6 Å². The zero-order valence-corrected chi connectivity index (χ0v) is 10.0. The van der Waals surface area contributed by atoms with Gasteiger partial charge in [-0.3, -0.25) is 9.80 Å². The van der Waals surface area contributed by atoms with Gasteiger partial charge >= 0.3 is 0 Å². The molecule has 5 heteroatoms. The number of carbonyl (C=O) groups excluding carboxylic acids is 1. The van der Waals surface area contributed by atoms with Gasteiger partial charge in [-0.1, -0.05) is 0 Å². The molecule has 1 atom stereocenters. The number of hydrogen-bond donors (Lipinski definition) is 0. The van der Waals surface area contributed by atoms with Crippen molar-refractivity contribution in [1.29, 1.82) is 0 Å². The summed E-state index contributed by atoms with van der Waals surface area (Å²) in [5.41, 5.74) is 0.937. The zero-order chi connectivity index (χ0) is 11.0. The minimum atomic E-state index is -0.0302. The van der Waals surface area contributed by atoms with Gasteiger partial charge in [-0.2, -0.15) is 0 Å². The van der Waals surface area contributed by atoms with Gasteiger partial charge in [-0.25, -0.2) is 9.99 Å². The second kappa shape index (κ2) is 3.90. The Morgan fingerprint density at radius 3 is 2.80 bits per heavy atom. The normalized spacial score (nSPS) is 21.7. The van der Waals surface area contributed by atoms with E-state index in [-0.39, 0.29) is 11.8 Å². The summed E-state index contributed by atoms with van der Waals surface area (Å²) in [7, 11) is 3.79. The summed E-state index contributed by atoms with van der Waals surface area (Å²) in [4.78, 5) is 16.4. The Morgan fingerprint density at radius 2 is 2.33 bits per heavy atom. The van der Waals surface area contributed by atoms with Crippen molar-refractivity contribution in [3.63, 3.8) is 0 Å². The van der Waals surface area contributed by atoms with Crippen LogP contribution in [0.4, 0.5) is 0 Å². The van der Waals surface area contributed by atoms with Crippen molar-refractivity contribution in [3.05, 3.63) is 16.1 Å². The van der Waals surface area contributed by atoms with Crippen LogP contribution in [0.5, 0.6) is 0 Å². The Bertz CT molecular complexity index is 374. The van der Waals surface area contributed by atoms with E-state index in [1.54, 1.807) is 16.3 Å². The van der Waals surface area contributed by atoms with E-state index in [4.69, 9.17) is 0 Å². The smallest absolute Gasteiger partial charge is 0.246 e. The van der Waals surface area contributed by atoms with Crippen LogP contribution in [-0.2, 0) is 4.79 Å². The van der Waals surface area contributed by atoms with Gasteiger partial charge in [0.15, 0.2) is 0 Å². The lowest BCUT2D eigenvalue weighted by Gasteiger charge is -2.23. The third-order valence-electron chi connectivity index (χ3n) is 2.66. The number of aromatic nitrogens is 1. The number of carbonyl (C=O) groups is 1. The van der Waals surface area contributed by atoms with Crippen LogP contribution < -0.4 is 0 Å². The molecule has 2 heterocycles. The second-order valence-electron chi connectivity index (χ2n) is 3.94.